The lowest BCUT2D eigenvalue weighted by atomic mass is 10.1. The minimum absolute atomic E-state index is 0.0608. The monoisotopic (exact) mass is 361 g/mol. The summed E-state index contributed by atoms with van der Waals surface area (Å²) in [5.74, 6) is -0.772. The Kier molecular flexibility index (Phi) is 5.69. The zero-order valence-corrected chi connectivity index (χ0v) is 11.9. The van der Waals surface area contributed by atoms with Crippen LogP contribution in [0.15, 0.2) is 21.5 Å². The van der Waals surface area contributed by atoms with Gasteiger partial charge < -0.3 is 10.5 Å². The van der Waals surface area contributed by atoms with Gasteiger partial charge in [-0.15, -0.1) is 0 Å². The first-order chi connectivity index (χ1) is 8.60. The number of pyridine rings is 1. The number of hydrogen-bond acceptors (Lipinski definition) is 6. The fourth-order valence-electron chi connectivity index (χ4n) is 1.25. The van der Waals surface area contributed by atoms with Crippen LogP contribution >= 0.6 is 22.9 Å². The van der Waals surface area contributed by atoms with E-state index in [-0.39, 0.29) is 35.9 Å². The van der Waals surface area contributed by atoms with Crippen LogP contribution in [0.5, 0.6) is 0 Å². The van der Waals surface area contributed by atoms with Crippen molar-refractivity contribution in [1.29, 1.82) is 0 Å². The van der Waals surface area contributed by atoms with Gasteiger partial charge in [-0.25, -0.2) is 13.0 Å². The summed E-state index contributed by atoms with van der Waals surface area (Å²) in [4.78, 5) is 27.2. The molecule has 7 heteroatoms. The SMILES string of the molecule is CCOC(=O)C(CC(=O)c1cccnc1N)=NI. The summed E-state index contributed by atoms with van der Waals surface area (Å²) in [6.07, 6.45) is 1.34. The Morgan fingerprint density at radius 2 is 2.28 bits per heavy atom. The van der Waals surface area contributed by atoms with E-state index in [1.807, 2.05) is 0 Å². The van der Waals surface area contributed by atoms with Crippen LogP contribution in [-0.4, -0.2) is 29.1 Å². The minimum Gasteiger partial charge on any atom is -0.461 e. The number of nitrogen functional groups attached to an aromatic ring is 1. The van der Waals surface area contributed by atoms with E-state index in [0.717, 1.165) is 0 Å². The number of aromatic nitrogens is 1. The molecule has 0 unspecified atom stereocenters. The third-order valence-electron chi connectivity index (χ3n) is 2.08. The molecule has 0 bridgehead atoms. The van der Waals surface area contributed by atoms with Crippen molar-refractivity contribution in [3.05, 3.63) is 23.9 Å². The van der Waals surface area contributed by atoms with Gasteiger partial charge in [0.25, 0.3) is 0 Å². The number of halogens is 1. The van der Waals surface area contributed by atoms with E-state index in [9.17, 15) is 9.59 Å². The number of nitrogens with two attached hydrogens (primary N) is 1. The zero-order chi connectivity index (χ0) is 13.5. The highest BCUT2D eigenvalue weighted by Gasteiger charge is 2.19. The maximum absolute atomic E-state index is 11.9. The van der Waals surface area contributed by atoms with E-state index < -0.39 is 5.97 Å². The molecule has 2 N–H and O–H groups in total. The maximum Gasteiger partial charge on any atom is 0.353 e. The number of ketones is 1. The van der Waals surface area contributed by atoms with Crippen LogP contribution in [0.3, 0.4) is 0 Å². The number of carbonyl (C=O) groups excluding carboxylic acids is 2. The van der Waals surface area contributed by atoms with Gasteiger partial charge in [0.1, 0.15) is 11.5 Å². The molecule has 0 aliphatic heterocycles. The van der Waals surface area contributed by atoms with Crippen LogP contribution in [0.2, 0.25) is 0 Å². The standard InChI is InChI=1S/C11H12IN3O3/c1-2-18-11(17)8(15-12)6-9(16)7-4-3-5-14-10(7)13/h3-5H,2,6H2,1H3,(H2,13,14). The van der Waals surface area contributed by atoms with Crippen molar-refractivity contribution in [2.45, 2.75) is 13.3 Å². The van der Waals surface area contributed by atoms with Crippen LogP contribution in [-0.2, 0) is 9.53 Å². The Balaban J connectivity index is 2.81. The minimum atomic E-state index is -0.595. The maximum atomic E-state index is 11.9. The summed E-state index contributed by atoms with van der Waals surface area (Å²) in [6.45, 7) is 1.92. The first-order valence-corrected chi connectivity index (χ1v) is 6.15. The van der Waals surface area contributed by atoms with Crippen molar-refractivity contribution in [2.24, 2.45) is 3.21 Å². The predicted octanol–water partition coefficient (Wildman–Crippen LogP) is 1.59. The lowest BCUT2D eigenvalue weighted by Gasteiger charge is -2.05. The van der Waals surface area contributed by atoms with Gasteiger partial charge in [0.2, 0.25) is 0 Å². The van der Waals surface area contributed by atoms with Crippen molar-refractivity contribution in [3.8, 4) is 0 Å². The second-order valence-electron chi connectivity index (χ2n) is 3.29. The fraction of sp³-hybridized carbons (Fsp3) is 0.273. The van der Waals surface area contributed by atoms with Gasteiger partial charge in [-0.3, -0.25) is 4.79 Å². The van der Waals surface area contributed by atoms with Crippen molar-refractivity contribution in [1.82, 2.24) is 4.98 Å². The second-order valence-corrected chi connectivity index (χ2v) is 3.77. The third kappa shape index (κ3) is 3.76. The number of Topliss-reactive ketones (excluding diaryl/α,β-unsaturated/α-hetero) is 1. The molecule has 0 aromatic carbocycles. The summed E-state index contributed by atoms with van der Waals surface area (Å²) < 4.78 is 8.52. The lowest BCUT2D eigenvalue weighted by Crippen LogP contribution is -2.21. The summed E-state index contributed by atoms with van der Waals surface area (Å²) in [7, 11) is 0. The average molecular weight is 361 g/mol. The van der Waals surface area contributed by atoms with Crippen molar-refractivity contribution in [2.75, 3.05) is 12.3 Å². The van der Waals surface area contributed by atoms with Crippen LogP contribution in [0.25, 0.3) is 0 Å². The van der Waals surface area contributed by atoms with E-state index in [1.54, 1.807) is 41.9 Å². The Morgan fingerprint density at radius 3 is 2.83 bits per heavy atom. The van der Waals surface area contributed by atoms with Gasteiger partial charge in [-0.1, -0.05) is 0 Å². The Labute approximate surface area is 118 Å². The van der Waals surface area contributed by atoms with Gasteiger partial charge in [0.15, 0.2) is 5.78 Å². The van der Waals surface area contributed by atoms with Crippen molar-refractivity contribution >= 4 is 46.1 Å². The van der Waals surface area contributed by atoms with Gasteiger partial charge >= 0.3 is 5.97 Å². The van der Waals surface area contributed by atoms with Gasteiger partial charge in [0, 0.05) is 6.20 Å². The number of ether oxygens (including phenoxy) is 1. The number of hydrogen-bond donors (Lipinski definition) is 1. The number of esters is 1. The Bertz CT molecular complexity index is 488. The highest BCUT2D eigenvalue weighted by Crippen LogP contribution is 2.11. The Hall–Kier alpha value is -1.51. The number of rotatable bonds is 5. The molecule has 0 saturated heterocycles. The molecule has 1 aromatic rings. The molecule has 0 atom stereocenters. The summed E-state index contributed by atoms with van der Waals surface area (Å²) in [5, 5.41) is 0. The molecule has 0 aliphatic rings. The summed E-state index contributed by atoms with van der Waals surface area (Å²) in [5.41, 5.74) is 5.92. The van der Waals surface area contributed by atoms with Crippen LogP contribution in [0.1, 0.15) is 23.7 Å². The Morgan fingerprint density at radius 1 is 1.56 bits per heavy atom. The van der Waals surface area contributed by atoms with Crippen molar-refractivity contribution in [3.63, 3.8) is 0 Å². The molecule has 18 heavy (non-hydrogen) atoms. The molecule has 1 rings (SSSR count). The second kappa shape index (κ2) is 7.04. The zero-order valence-electron chi connectivity index (χ0n) is 9.72. The molecular formula is C11H12IN3O3. The molecule has 0 spiro atoms. The van der Waals surface area contributed by atoms with Crippen LogP contribution < -0.4 is 5.73 Å². The largest absolute Gasteiger partial charge is 0.461 e. The predicted molar refractivity (Wildman–Crippen MR) is 75.7 cm³/mol. The third-order valence-corrected chi connectivity index (χ3v) is 2.66. The highest BCUT2D eigenvalue weighted by molar-refractivity contribution is 14.1. The van der Waals surface area contributed by atoms with Gasteiger partial charge in [0.05, 0.1) is 41.5 Å². The van der Waals surface area contributed by atoms with E-state index in [0.29, 0.717) is 0 Å². The number of anilines is 1. The normalized spacial score (nSPS) is 11.1. The molecule has 0 fully saturated rings. The first kappa shape index (κ1) is 14.6. The molecule has 0 saturated carbocycles. The van der Waals surface area contributed by atoms with Crippen molar-refractivity contribution < 1.29 is 14.3 Å². The molecule has 0 amide bonds. The molecule has 96 valence electrons. The van der Waals surface area contributed by atoms with Crippen LogP contribution in [0, 0.1) is 0 Å². The fourth-order valence-corrected chi connectivity index (χ4v) is 1.62. The molecule has 6 nitrogen and oxygen atoms in total. The average Bonchev–Trinajstić information content (AvgIpc) is 2.36. The topological polar surface area (TPSA) is 94.6 Å². The van der Waals surface area contributed by atoms with E-state index >= 15 is 0 Å². The quantitative estimate of drug-likeness (QED) is 0.372. The first-order valence-electron chi connectivity index (χ1n) is 5.18. The molecule has 1 heterocycles. The van der Waals surface area contributed by atoms with E-state index in [4.69, 9.17) is 10.5 Å². The highest BCUT2D eigenvalue weighted by atomic mass is 127. The van der Waals surface area contributed by atoms with Gasteiger partial charge in [-0.2, -0.15) is 0 Å². The molecular weight excluding hydrogens is 349 g/mol. The van der Waals surface area contributed by atoms with E-state index in [2.05, 4.69) is 8.19 Å². The number of nitrogens with zero attached hydrogens (tertiary/aromatic N) is 2. The van der Waals surface area contributed by atoms with Gasteiger partial charge in [-0.05, 0) is 19.1 Å². The van der Waals surface area contributed by atoms with E-state index in [1.165, 1.54) is 6.20 Å². The molecule has 1 aromatic heterocycles. The summed E-state index contributed by atoms with van der Waals surface area (Å²) in [6, 6.07) is 3.16. The smallest absolute Gasteiger partial charge is 0.353 e. The molecule has 0 radical (unpaired) electrons. The lowest BCUT2D eigenvalue weighted by molar-refractivity contribution is -0.135. The summed E-state index contributed by atoms with van der Waals surface area (Å²) >= 11 is 1.65. The van der Waals surface area contributed by atoms with Crippen LogP contribution in [0.4, 0.5) is 5.82 Å². The molecule has 0 aliphatic carbocycles. The number of carbonyl (C=O) groups is 2.